The van der Waals surface area contributed by atoms with Gasteiger partial charge in [0.25, 0.3) is 5.91 Å². The number of carbonyl (C=O) groups is 1. The van der Waals surface area contributed by atoms with E-state index in [4.69, 9.17) is 33.2 Å². The van der Waals surface area contributed by atoms with E-state index in [0.29, 0.717) is 16.7 Å². The van der Waals surface area contributed by atoms with Crippen LogP contribution in [0.15, 0.2) is 65.8 Å². The smallest absolute Gasteiger partial charge is 0.416 e. The zero-order chi connectivity index (χ0) is 24.0. The summed E-state index contributed by atoms with van der Waals surface area (Å²) in [4.78, 5) is 12.1. The molecule has 168 valence electrons. The van der Waals surface area contributed by atoms with E-state index in [9.17, 15) is 18.0 Å². The van der Waals surface area contributed by atoms with Crippen molar-refractivity contribution in [1.29, 1.82) is 5.26 Å². The van der Waals surface area contributed by atoms with Gasteiger partial charge >= 0.3 is 6.18 Å². The zero-order valence-electron chi connectivity index (χ0n) is 16.7. The summed E-state index contributed by atoms with van der Waals surface area (Å²) in [6.45, 7) is 0.0731. The number of nitrogens with zero attached hydrogens (tertiary/aromatic N) is 2. The van der Waals surface area contributed by atoms with Crippen LogP contribution < -0.4 is 10.2 Å². The molecule has 0 saturated heterocycles. The number of hydrogen-bond donors (Lipinski definition) is 1. The van der Waals surface area contributed by atoms with Crippen molar-refractivity contribution >= 4 is 35.3 Å². The fourth-order valence-electron chi connectivity index (χ4n) is 2.76. The molecule has 0 unspecified atom stereocenters. The van der Waals surface area contributed by atoms with Gasteiger partial charge in [-0.2, -0.15) is 23.5 Å². The third kappa shape index (κ3) is 6.25. The second-order valence-electron chi connectivity index (χ2n) is 6.65. The van der Waals surface area contributed by atoms with Gasteiger partial charge in [-0.3, -0.25) is 4.79 Å². The number of hydrazone groups is 1. The van der Waals surface area contributed by atoms with Crippen LogP contribution in [0.25, 0.3) is 0 Å². The van der Waals surface area contributed by atoms with E-state index in [1.54, 1.807) is 24.3 Å². The highest BCUT2D eigenvalue weighted by Crippen LogP contribution is 2.34. The molecule has 0 atom stereocenters. The Morgan fingerprint density at radius 2 is 1.79 bits per heavy atom. The van der Waals surface area contributed by atoms with Crippen LogP contribution in [-0.4, -0.2) is 12.1 Å². The lowest BCUT2D eigenvalue weighted by molar-refractivity contribution is -0.137. The number of hydrogen-bond acceptors (Lipinski definition) is 4. The number of nitriles is 1. The van der Waals surface area contributed by atoms with Gasteiger partial charge in [-0.25, -0.2) is 5.43 Å². The van der Waals surface area contributed by atoms with Gasteiger partial charge < -0.3 is 4.74 Å². The van der Waals surface area contributed by atoms with Crippen LogP contribution in [0.4, 0.5) is 13.2 Å². The molecular weight excluding hydrogens is 478 g/mol. The predicted molar refractivity (Wildman–Crippen MR) is 118 cm³/mol. The Morgan fingerprint density at radius 1 is 1.09 bits per heavy atom. The molecule has 0 spiro atoms. The number of halogens is 5. The average Bonchev–Trinajstić information content (AvgIpc) is 2.78. The fraction of sp³-hybridized carbons (Fsp3) is 0.0870. The molecule has 33 heavy (non-hydrogen) atoms. The Balaban J connectivity index is 1.67. The molecule has 0 aliphatic heterocycles. The van der Waals surface area contributed by atoms with E-state index in [-0.39, 0.29) is 28.0 Å². The molecule has 10 heteroatoms. The minimum atomic E-state index is -4.56. The number of nitrogens with one attached hydrogen (secondary N) is 1. The van der Waals surface area contributed by atoms with Crippen LogP contribution in [0.2, 0.25) is 10.0 Å². The maximum atomic E-state index is 12.8. The minimum absolute atomic E-state index is 0.0731. The third-order valence-electron chi connectivity index (χ3n) is 4.36. The predicted octanol–water partition coefficient (Wildman–Crippen LogP) is 6.23. The van der Waals surface area contributed by atoms with Crippen LogP contribution in [0.1, 0.15) is 32.6 Å². The molecule has 0 aromatic heterocycles. The molecule has 1 N–H and O–H groups in total. The molecule has 0 bridgehead atoms. The second-order valence-corrected chi connectivity index (χ2v) is 7.46. The molecule has 3 aromatic carbocycles. The van der Waals surface area contributed by atoms with E-state index >= 15 is 0 Å². The third-order valence-corrected chi connectivity index (χ3v) is 4.92. The monoisotopic (exact) mass is 491 g/mol. The number of ether oxygens (including phenoxy) is 1. The van der Waals surface area contributed by atoms with Crippen molar-refractivity contribution < 1.29 is 22.7 Å². The summed E-state index contributed by atoms with van der Waals surface area (Å²) in [7, 11) is 0. The maximum Gasteiger partial charge on any atom is 0.416 e. The van der Waals surface area contributed by atoms with Gasteiger partial charge in [0.15, 0.2) is 5.75 Å². The molecule has 3 rings (SSSR count). The number of alkyl halides is 3. The van der Waals surface area contributed by atoms with E-state index < -0.39 is 17.6 Å². The summed E-state index contributed by atoms with van der Waals surface area (Å²) in [5, 5.41) is 13.2. The molecule has 0 aliphatic carbocycles. The first-order valence-electron chi connectivity index (χ1n) is 9.29. The molecule has 5 nitrogen and oxygen atoms in total. The first-order chi connectivity index (χ1) is 15.7. The van der Waals surface area contributed by atoms with Crippen LogP contribution in [-0.2, 0) is 12.8 Å². The summed E-state index contributed by atoms with van der Waals surface area (Å²) in [5.74, 6) is -0.609. The molecule has 0 heterocycles. The van der Waals surface area contributed by atoms with Crippen molar-refractivity contribution in [2.24, 2.45) is 5.10 Å². The highest BCUT2D eigenvalue weighted by Gasteiger charge is 2.30. The Morgan fingerprint density at radius 3 is 2.45 bits per heavy atom. The Labute approximate surface area is 197 Å². The SMILES string of the molecule is N#Cc1ccccc1COc1c(Cl)cc(C=NNC(=O)c2cccc(C(F)(F)F)c2)cc1Cl. The van der Waals surface area contributed by atoms with Crippen molar-refractivity contribution in [2.75, 3.05) is 0 Å². The normalized spacial score (nSPS) is 11.3. The molecule has 0 aliphatic rings. The molecule has 0 fully saturated rings. The average molecular weight is 492 g/mol. The first-order valence-corrected chi connectivity index (χ1v) is 10.0. The van der Waals surface area contributed by atoms with Gasteiger partial charge in [-0.1, -0.05) is 47.5 Å². The number of carbonyl (C=O) groups excluding carboxylic acids is 1. The fourth-order valence-corrected chi connectivity index (χ4v) is 3.38. The summed E-state index contributed by atoms with van der Waals surface area (Å²) in [6.07, 6.45) is -3.33. The van der Waals surface area contributed by atoms with Gasteiger partial charge in [0.1, 0.15) is 6.61 Å². The lowest BCUT2D eigenvalue weighted by Crippen LogP contribution is -2.18. The summed E-state index contributed by atoms with van der Waals surface area (Å²) in [5.41, 5.74) is 2.56. The number of amides is 1. The molecule has 3 aromatic rings. The van der Waals surface area contributed by atoms with Crippen molar-refractivity contribution in [3.8, 4) is 11.8 Å². The van der Waals surface area contributed by atoms with E-state index in [1.807, 2.05) is 0 Å². The van der Waals surface area contributed by atoms with E-state index in [2.05, 4.69) is 16.6 Å². The Bertz CT molecular complexity index is 1230. The lowest BCUT2D eigenvalue weighted by atomic mass is 10.1. The minimum Gasteiger partial charge on any atom is -0.486 e. The van der Waals surface area contributed by atoms with Gasteiger partial charge in [0.2, 0.25) is 0 Å². The molecular formula is C23H14Cl2F3N3O2. The maximum absolute atomic E-state index is 12.8. The highest BCUT2D eigenvalue weighted by atomic mass is 35.5. The summed E-state index contributed by atoms with van der Waals surface area (Å²) < 4.78 is 44.0. The highest BCUT2D eigenvalue weighted by molar-refractivity contribution is 6.37. The quantitative estimate of drug-likeness (QED) is 0.328. The molecule has 1 amide bonds. The lowest BCUT2D eigenvalue weighted by Gasteiger charge is -2.11. The van der Waals surface area contributed by atoms with E-state index in [0.717, 1.165) is 18.2 Å². The van der Waals surface area contributed by atoms with Crippen LogP contribution >= 0.6 is 23.2 Å². The number of benzene rings is 3. The van der Waals surface area contributed by atoms with Crippen molar-refractivity contribution in [1.82, 2.24) is 5.43 Å². The van der Waals surface area contributed by atoms with Gasteiger partial charge in [0, 0.05) is 11.1 Å². The summed E-state index contributed by atoms with van der Waals surface area (Å²) >= 11 is 12.5. The van der Waals surface area contributed by atoms with Crippen LogP contribution in [0.3, 0.4) is 0 Å². The molecule has 0 radical (unpaired) electrons. The first kappa shape index (κ1) is 24.1. The van der Waals surface area contributed by atoms with Gasteiger partial charge in [-0.15, -0.1) is 0 Å². The largest absolute Gasteiger partial charge is 0.486 e. The summed E-state index contributed by atoms with van der Waals surface area (Å²) in [6, 6.07) is 15.9. The standard InChI is InChI=1S/C23H14Cl2F3N3O2/c24-19-8-14(9-20(25)21(19)33-13-17-5-2-1-4-16(17)11-29)12-30-31-22(32)15-6-3-7-18(10-15)23(26,27)28/h1-10,12H,13H2,(H,31,32). The van der Waals surface area contributed by atoms with Crippen LogP contribution in [0, 0.1) is 11.3 Å². The number of rotatable bonds is 6. The Kier molecular flexibility index (Phi) is 7.59. The zero-order valence-corrected chi connectivity index (χ0v) is 18.2. The van der Waals surface area contributed by atoms with Gasteiger partial charge in [-0.05, 0) is 42.0 Å². The van der Waals surface area contributed by atoms with Crippen molar-refractivity contribution in [2.45, 2.75) is 12.8 Å². The van der Waals surface area contributed by atoms with Crippen molar-refractivity contribution in [3.05, 3.63) is 98.5 Å². The Hall–Kier alpha value is -3.54. The van der Waals surface area contributed by atoms with E-state index in [1.165, 1.54) is 24.4 Å². The van der Waals surface area contributed by atoms with Gasteiger partial charge in [0.05, 0.1) is 33.5 Å². The van der Waals surface area contributed by atoms with Crippen LogP contribution in [0.5, 0.6) is 5.75 Å². The molecule has 0 saturated carbocycles. The second kappa shape index (κ2) is 10.4. The topological polar surface area (TPSA) is 74.5 Å². The van der Waals surface area contributed by atoms with Crippen molar-refractivity contribution in [3.63, 3.8) is 0 Å².